The highest BCUT2D eigenvalue weighted by Crippen LogP contribution is 2.25. The monoisotopic (exact) mass is 439 g/mol. The lowest BCUT2D eigenvalue weighted by Crippen LogP contribution is -1.98. The van der Waals surface area contributed by atoms with E-state index < -0.39 is 4.92 Å². The summed E-state index contributed by atoms with van der Waals surface area (Å²) < 4.78 is 2.09. The third kappa shape index (κ3) is 4.27. The normalized spacial score (nSPS) is 11.3. The molecule has 0 atom stereocenters. The van der Waals surface area contributed by atoms with Crippen molar-refractivity contribution in [2.75, 3.05) is 5.43 Å². The van der Waals surface area contributed by atoms with E-state index in [2.05, 4.69) is 20.1 Å². The van der Waals surface area contributed by atoms with Gasteiger partial charge in [0.2, 0.25) is 0 Å². The molecule has 0 unspecified atom stereocenters. The predicted molar refractivity (Wildman–Crippen MR) is 120 cm³/mol. The van der Waals surface area contributed by atoms with Crippen molar-refractivity contribution in [2.45, 2.75) is 6.54 Å². The Morgan fingerprint density at radius 2 is 2.00 bits per heavy atom. The molecule has 0 fully saturated rings. The zero-order chi connectivity index (χ0) is 21.1. The van der Waals surface area contributed by atoms with E-state index in [1.807, 2.05) is 42.6 Å². The van der Waals surface area contributed by atoms with Crippen LogP contribution in [-0.4, -0.2) is 20.7 Å². The molecule has 0 radical (unpaired) electrons. The smallest absolute Gasteiger partial charge is 0.287 e. The van der Waals surface area contributed by atoms with Gasteiger partial charge in [-0.2, -0.15) is 5.10 Å². The standard InChI is InChI=1S/C21H15Cl2N5O2/c22-16-6-5-14(19(23)9-16)12-27-13-15(18-3-1-2-4-20(18)27)10-25-26-21-8-7-17(11-24-21)28(29)30/h1-11,13H,12H2,(H,24,26)/b25-10+. The van der Waals surface area contributed by atoms with Crippen LogP contribution < -0.4 is 5.43 Å². The van der Waals surface area contributed by atoms with Gasteiger partial charge in [0.15, 0.2) is 0 Å². The van der Waals surface area contributed by atoms with Gasteiger partial charge in [0.05, 0.1) is 11.1 Å². The molecule has 4 aromatic rings. The number of anilines is 1. The summed E-state index contributed by atoms with van der Waals surface area (Å²) >= 11 is 12.3. The number of hydrazone groups is 1. The molecule has 0 bridgehead atoms. The van der Waals surface area contributed by atoms with Crippen molar-refractivity contribution in [3.63, 3.8) is 0 Å². The minimum atomic E-state index is -0.498. The van der Waals surface area contributed by atoms with E-state index in [0.717, 1.165) is 22.0 Å². The van der Waals surface area contributed by atoms with E-state index in [9.17, 15) is 10.1 Å². The van der Waals surface area contributed by atoms with Crippen LogP contribution >= 0.6 is 23.2 Å². The number of nitro groups is 1. The summed E-state index contributed by atoms with van der Waals surface area (Å²) in [7, 11) is 0. The van der Waals surface area contributed by atoms with E-state index in [1.54, 1.807) is 12.3 Å². The van der Waals surface area contributed by atoms with Crippen LogP contribution in [0.4, 0.5) is 11.5 Å². The molecule has 2 aromatic carbocycles. The van der Waals surface area contributed by atoms with Gasteiger partial charge in [-0.25, -0.2) is 4.98 Å². The number of aromatic nitrogens is 2. The number of pyridine rings is 1. The van der Waals surface area contributed by atoms with Crippen molar-refractivity contribution < 1.29 is 4.92 Å². The second kappa shape index (κ2) is 8.52. The van der Waals surface area contributed by atoms with Gasteiger partial charge < -0.3 is 4.57 Å². The Morgan fingerprint density at radius 1 is 1.17 bits per heavy atom. The van der Waals surface area contributed by atoms with Crippen LogP contribution in [0.3, 0.4) is 0 Å². The molecule has 7 nitrogen and oxygen atoms in total. The van der Waals surface area contributed by atoms with Crippen molar-refractivity contribution in [3.8, 4) is 0 Å². The average molecular weight is 440 g/mol. The largest absolute Gasteiger partial charge is 0.342 e. The third-order valence-corrected chi connectivity index (χ3v) is 5.10. The molecule has 0 amide bonds. The Morgan fingerprint density at radius 3 is 2.73 bits per heavy atom. The number of hydrogen-bond acceptors (Lipinski definition) is 5. The van der Waals surface area contributed by atoms with E-state index in [4.69, 9.17) is 23.2 Å². The van der Waals surface area contributed by atoms with Crippen molar-refractivity contribution >= 4 is 51.8 Å². The SMILES string of the molecule is O=[N+]([O-])c1ccc(N/N=C/c2cn(Cc3ccc(Cl)cc3Cl)c3ccccc23)nc1. The Hall–Kier alpha value is -3.42. The zero-order valence-corrected chi connectivity index (χ0v) is 17.0. The first-order valence-electron chi connectivity index (χ1n) is 8.92. The lowest BCUT2D eigenvalue weighted by atomic mass is 10.2. The fourth-order valence-electron chi connectivity index (χ4n) is 3.07. The number of fused-ring (bicyclic) bond motifs is 1. The first kappa shape index (κ1) is 19.9. The molecule has 0 saturated carbocycles. The van der Waals surface area contributed by atoms with Gasteiger partial charge in [-0.3, -0.25) is 15.5 Å². The molecule has 0 aliphatic rings. The average Bonchev–Trinajstić information content (AvgIpc) is 3.08. The van der Waals surface area contributed by atoms with Crippen molar-refractivity contribution in [3.05, 3.63) is 98.3 Å². The van der Waals surface area contributed by atoms with Crippen LogP contribution in [0.25, 0.3) is 10.9 Å². The van der Waals surface area contributed by atoms with Gasteiger partial charge in [0.25, 0.3) is 5.69 Å². The molecule has 2 heterocycles. The molecule has 0 saturated heterocycles. The second-order valence-corrected chi connectivity index (χ2v) is 7.34. The van der Waals surface area contributed by atoms with Gasteiger partial charge in [-0.15, -0.1) is 0 Å². The Balaban J connectivity index is 1.58. The molecular weight excluding hydrogens is 425 g/mol. The van der Waals surface area contributed by atoms with Crippen LogP contribution in [0.5, 0.6) is 0 Å². The molecular formula is C21H15Cl2N5O2. The number of hydrogen-bond donors (Lipinski definition) is 1. The van der Waals surface area contributed by atoms with Gasteiger partial charge >= 0.3 is 0 Å². The maximum atomic E-state index is 10.7. The Bertz CT molecular complexity index is 1250. The highest BCUT2D eigenvalue weighted by molar-refractivity contribution is 6.35. The molecule has 1 N–H and O–H groups in total. The second-order valence-electron chi connectivity index (χ2n) is 6.49. The van der Waals surface area contributed by atoms with Gasteiger partial charge in [-0.1, -0.05) is 47.5 Å². The van der Waals surface area contributed by atoms with Crippen LogP contribution in [-0.2, 0) is 6.54 Å². The number of nitrogens with one attached hydrogen (secondary N) is 1. The van der Waals surface area contributed by atoms with Crippen molar-refractivity contribution in [1.29, 1.82) is 0 Å². The van der Waals surface area contributed by atoms with Crippen molar-refractivity contribution in [1.82, 2.24) is 9.55 Å². The van der Waals surface area contributed by atoms with Crippen LogP contribution in [0.1, 0.15) is 11.1 Å². The molecule has 2 aromatic heterocycles. The maximum Gasteiger partial charge on any atom is 0.287 e. The summed E-state index contributed by atoms with van der Waals surface area (Å²) in [5.41, 5.74) is 5.62. The molecule has 4 rings (SSSR count). The van der Waals surface area contributed by atoms with E-state index in [1.165, 1.54) is 18.3 Å². The molecule has 0 aliphatic heterocycles. The van der Waals surface area contributed by atoms with Crippen LogP contribution in [0, 0.1) is 10.1 Å². The zero-order valence-electron chi connectivity index (χ0n) is 15.5. The number of nitrogens with zero attached hydrogens (tertiary/aromatic N) is 4. The highest BCUT2D eigenvalue weighted by atomic mass is 35.5. The molecule has 0 aliphatic carbocycles. The van der Waals surface area contributed by atoms with Gasteiger partial charge in [-0.05, 0) is 29.8 Å². The van der Waals surface area contributed by atoms with E-state index in [-0.39, 0.29) is 5.69 Å². The van der Waals surface area contributed by atoms with Gasteiger partial charge in [0, 0.05) is 45.3 Å². The molecule has 9 heteroatoms. The topological polar surface area (TPSA) is 85.4 Å². The van der Waals surface area contributed by atoms with Crippen molar-refractivity contribution in [2.24, 2.45) is 5.10 Å². The number of para-hydroxylation sites is 1. The number of rotatable bonds is 6. The molecule has 0 spiro atoms. The number of halogens is 2. The Kier molecular flexibility index (Phi) is 5.65. The van der Waals surface area contributed by atoms with Crippen LogP contribution in [0.2, 0.25) is 10.0 Å². The summed E-state index contributed by atoms with van der Waals surface area (Å²) in [6, 6.07) is 16.3. The predicted octanol–water partition coefficient (Wildman–Crippen LogP) is 5.75. The maximum absolute atomic E-state index is 10.7. The summed E-state index contributed by atoms with van der Waals surface area (Å²) in [5, 5.41) is 17.2. The lowest BCUT2D eigenvalue weighted by molar-refractivity contribution is -0.385. The minimum absolute atomic E-state index is 0.0755. The third-order valence-electron chi connectivity index (χ3n) is 4.52. The fraction of sp³-hybridized carbons (Fsp3) is 0.0476. The lowest BCUT2D eigenvalue weighted by Gasteiger charge is -2.08. The summed E-state index contributed by atoms with van der Waals surface area (Å²) in [6.45, 7) is 0.585. The quantitative estimate of drug-likeness (QED) is 0.235. The highest BCUT2D eigenvalue weighted by Gasteiger charge is 2.09. The molecule has 30 heavy (non-hydrogen) atoms. The van der Waals surface area contributed by atoms with Gasteiger partial charge in [0.1, 0.15) is 12.0 Å². The Labute approximate surface area is 181 Å². The minimum Gasteiger partial charge on any atom is -0.342 e. The number of benzene rings is 2. The van der Waals surface area contributed by atoms with Crippen LogP contribution in [0.15, 0.2) is 72.1 Å². The first-order chi connectivity index (χ1) is 14.5. The van der Waals surface area contributed by atoms with E-state index in [0.29, 0.717) is 22.4 Å². The first-order valence-corrected chi connectivity index (χ1v) is 9.68. The summed E-state index contributed by atoms with van der Waals surface area (Å²) in [4.78, 5) is 14.2. The van der Waals surface area contributed by atoms with E-state index >= 15 is 0 Å². The summed E-state index contributed by atoms with van der Waals surface area (Å²) in [5.74, 6) is 0.411. The summed E-state index contributed by atoms with van der Waals surface area (Å²) in [6.07, 6.45) is 4.86. The molecule has 150 valence electrons. The fourth-order valence-corrected chi connectivity index (χ4v) is 3.54.